The summed E-state index contributed by atoms with van der Waals surface area (Å²) >= 11 is 13.2. The van der Waals surface area contributed by atoms with Crippen LogP contribution >= 0.6 is 34.8 Å². The van der Waals surface area contributed by atoms with Gasteiger partial charge in [-0.05, 0) is 61.7 Å². The average molecular weight is 265 g/mol. The molecule has 0 aromatic rings. The Kier molecular flexibility index (Phi) is 7.49. The second-order valence-corrected chi connectivity index (χ2v) is 5.83. The van der Waals surface area contributed by atoms with E-state index < -0.39 is 4.05 Å². The third-order valence-electron chi connectivity index (χ3n) is 2.30. The first kappa shape index (κ1) is 14.8. The van der Waals surface area contributed by atoms with Crippen molar-refractivity contribution in [1.29, 1.82) is 0 Å². The van der Waals surface area contributed by atoms with E-state index in [0.717, 1.165) is 6.04 Å². The van der Waals surface area contributed by atoms with E-state index in [9.17, 15) is 4.39 Å². The zero-order valence-electron chi connectivity index (χ0n) is 8.57. The Hall–Kier alpha value is 0.760. The quantitative estimate of drug-likeness (QED) is 0.643. The largest absolute Gasteiger partial charge is 0.333 e. The van der Waals surface area contributed by atoms with Crippen LogP contribution in [0.4, 0.5) is 4.39 Å². The molecule has 1 nitrogen and oxygen atoms in total. The van der Waals surface area contributed by atoms with E-state index in [2.05, 4.69) is 53.8 Å². The van der Waals surface area contributed by atoms with Crippen molar-refractivity contribution in [3.05, 3.63) is 0 Å². The van der Waals surface area contributed by atoms with E-state index in [1.807, 2.05) is 0 Å². The van der Waals surface area contributed by atoms with Gasteiger partial charge in [0, 0.05) is 6.04 Å². The first-order chi connectivity index (χ1) is 6.30. The highest BCUT2D eigenvalue weighted by Gasteiger charge is 2.14. The van der Waals surface area contributed by atoms with E-state index in [1.165, 1.54) is 32.1 Å². The van der Waals surface area contributed by atoms with Gasteiger partial charge in [0.15, 0.2) is 0 Å². The predicted molar refractivity (Wildman–Crippen MR) is 62.0 cm³/mol. The second kappa shape index (κ2) is 7.10. The molecule has 0 aromatic heterocycles. The number of hydrogen-bond donors (Lipinski definition) is 0. The summed E-state index contributed by atoms with van der Waals surface area (Å²) in [4.78, 5) is 2.36. The van der Waals surface area contributed by atoms with E-state index in [0.29, 0.717) is 0 Å². The van der Waals surface area contributed by atoms with Gasteiger partial charge in [0.1, 0.15) is 0 Å². The summed E-state index contributed by atoms with van der Waals surface area (Å²) in [5, 5.41) is 0. The van der Waals surface area contributed by atoms with Gasteiger partial charge in [0.25, 0.3) is 0 Å². The Morgan fingerprint density at radius 2 is 1.43 bits per heavy atom. The smallest absolute Gasteiger partial charge is 0.306 e. The SMILES string of the molecule is CN(C)C1CCCCC1.FC(Cl)(Cl)Cl. The highest BCUT2D eigenvalue weighted by molar-refractivity contribution is 6.66. The van der Waals surface area contributed by atoms with E-state index in [1.54, 1.807) is 0 Å². The monoisotopic (exact) mass is 263 g/mol. The lowest BCUT2D eigenvalue weighted by molar-refractivity contribution is 0.229. The fraction of sp³-hybridized carbons (Fsp3) is 1.00. The molecule has 1 saturated carbocycles. The minimum absolute atomic E-state index is 0.888. The average Bonchev–Trinajstić information content (AvgIpc) is 2.03. The van der Waals surface area contributed by atoms with Gasteiger partial charge in [-0.2, -0.15) is 4.39 Å². The molecule has 0 spiro atoms. The minimum Gasteiger partial charge on any atom is -0.306 e. The highest BCUT2D eigenvalue weighted by atomic mass is 35.6. The number of hydrogen-bond acceptors (Lipinski definition) is 1. The third-order valence-corrected chi connectivity index (χ3v) is 2.30. The fourth-order valence-corrected chi connectivity index (χ4v) is 1.60. The molecule has 0 unspecified atom stereocenters. The molecule has 0 aliphatic heterocycles. The predicted octanol–water partition coefficient (Wildman–Crippen LogP) is 4.16. The van der Waals surface area contributed by atoms with Crippen LogP contribution in [0.2, 0.25) is 0 Å². The van der Waals surface area contributed by atoms with E-state index in [4.69, 9.17) is 0 Å². The Morgan fingerprint density at radius 3 is 1.64 bits per heavy atom. The van der Waals surface area contributed by atoms with Gasteiger partial charge in [0.05, 0.1) is 0 Å². The van der Waals surface area contributed by atoms with Crippen LogP contribution < -0.4 is 0 Å². The van der Waals surface area contributed by atoms with Crippen molar-refractivity contribution in [2.24, 2.45) is 0 Å². The summed E-state index contributed by atoms with van der Waals surface area (Å²) in [5.41, 5.74) is 0. The van der Waals surface area contributed by atoms with Crippen LogP contribution in [0, 0.1) is 0 Å². The Bertz CT molecular complexity index is 135. The lowest BCUT2D eigenvalue weighted by atomic mass is 9.95. The molecule has 0 aromatic carbocycles. The molecule has 0 saturated heterocycles. The standard InChI is InChI=1S/C8H17N.CCl3F/c1-9(2)8-6-4-3-5-7-8;2-1(3,4)5/h8H,3-7H2,1-2H3;. The molecule has 1 aliphatic rings. The van der Waals surface area contributed by atoms with Gasteiger partial charge < -0.3 is 4.90 Å². The zero-order chi connectivity index (χ0) is 11.2. The van der Waals surface area contributed by atoms with Gasteiger partial charge in [-0.25, -0.2) is 0 Å². The van der Waals surface area contributed by atoms with E-state index in [-0.39, 0.29) is 0 Å². The van der Waals surface area contributed by atoms with Gasteiger partial charge in [-0.3, -0.25) is 0 Å². The molecule has 1 fully saturated rings. The van der Waals surface area contributed by atoms with Crippen LogP contribution in [0.3, 0.4) is 0 Å². The topological polar surface area (TPSA) is 3.24 Å². The molecule has 0 heterocycles. The van der Waals surface area contributed by atoms with Crippen molar-refractivity contribution in [3.63, 3.8) is 0 Å². The molecule has 1 rings (SSSR count). The lowest BCUT2D eigenvalue weighted by Crippen LogP contribution is -2.29. The maximum absolute atomic E-state index is 11.0. The molecule has 0 atom stereocenters. The number of rotatable bonds is 1. The molecule has 0 radical (unpaired) electrons. The van der Waals surface area contributed by atoms with Crippen molar-refractivity contribution in [3.8, 4) is 0 Å². The van der Waals surface area contributed by atoms with Crippen LogP contribution in [0.5, 0.6) is 0 Å². The maximum atomic E-state index is 11.0. The molecule has 0 bridgehead atoms. The van der Waals surface area contributed by atoms with Gasteiger partial charge in [-0.15, -0.1) is 0 Å². The molecule has 14 heavy (non-hydrogen) atoms. The van der Waals surface area contributed by atoms with Crippen molar-refractivity contribution < 1.29 is 4.39 Å². The Balaban J connectivity index is 0.000000292. The first-order valence-corrected chi connectivity index (χ1v) is 5.86. The van der Waals surface area contributed by atoms with Gasteiger partial charge in [0.2, 0.25) is 0 Å². The third kappa shape index (κ3) is 10.8. The summed E-state index contributed by atoms with van der Waals surface area (Å²) in [6.07, 6.45) is 7.20. The normalized spacial score (nSPS) is 19.1. The van der Waals surface area contributed by atoms with Crippen molar-refractivity contribution in [1.82, 2.24) is 4.90 Å². The summed E-state index contributed by atoms with van der Waals surface area (Å²) in [6.45, 7) is 0. The summed E-state index contributed by atoms with van der Waals surface area (Å²) in [5.74, 6) is 0. The second-order valence-electron chi connectivity index (χ2n) is 3.68. The molecular formula is C9H17Cl3FN. The molecule has 0 amide bonds. The van der Waals surface area contributed by atoms with Crippen molar-refractivity contribution >= 4 is 34.8 Å². The molecule has 86 valence electrons. The highest BCUT2D eigenvalue weighted by Crippen LogP contribution is 2.26. The van der Waals surface area contributed by atoms with Crippen molar-refractivity contribution in [2.45, 2.75) is 42.2 Å². The van der Waals surface area contributed by atoms with Crippen LogP contribution in [0.25, 0.3) is 0 Å². The fourth-order valence-electron chi connectivity index (χ4n) is 1.60. The maximum Gasteiger partial charge on any atom is 0.333 e. The summed E-state index contributed by atoms with van der Waals surface area (Å²) < 4.78 is 8.40. The summed E-state index contributed by atoms with van der Waals surface area (Å²) in [6, 6.07) is 0.888. The van der Waals surface area contributed by atoms with Gasteiger partial charge >= 0.3 is 4.05 Å². The molecular weight excluding hydrogens is 247 g/mol. The zero-order valence-corrected chi connectivity index (χ0v) is 10.8. The van der Waals surface area contributed by atoms with Crippen LogP contribution in [0.15, 0.2) is 0 Å². The summed E-state index contributed by atoms with van der Waals surface area (Å²) in [7, 11) is 4.38. The number of alkyl halides is 4. The van der Waals surface area contributed by atoms with Crippen molar-refractivity contribution in [2.75, 3.05) is 14.1 Å². The molecule has 5 heteroatoms. The number of nitrogens with zero attached hydrogens (tertiary/aromatic N) is 1. The van der Waals surface area contributed by atoms with Crippen LogP contribution in [0.1, 0.15) is 32.1 Å². The molecule has 0 N–H and O–H groups in total. The Labute approximate surface area is 100 Å². The van der Waals surface area contributed by atoms with E-state index >= 15 is 0 Å². The lowest BCUT2D eigenvalue weighted by Gasteiger charge is -2.27. The van der Waals surface area contributed by atoms with Gasteiger partial charge in [-0.1, -0.05) is 19.3 Å². The first-order valence-electron chi connectivity index (χ1n) is 4.73. The molecule has 1 aliphatic carbocycles. The Morgan fingerprint density at radius 1 is 1.07 bits per heavy atom. The number of halogens is 4. The van der Waals surface area contributed by atoms with Crippen LogP contribution in [-0.2, 0) is 0 Å². The minimum atomic E-state index is -2.58. The van der Waals surface area contributed by atoms with Crippen LogP contribution in [-0.4, -0.2) is 29.1 Å².